The van der Waals surface area contributed by atoms with Crippen LogP contribution in [0.5, 0.6) is 11.5 Å². The molecule has 5 heteroatoms. The highest BCUT2D eigenvalue weighted by atomic mass is 16.5. The minimum absolute atomic E-state index is 0.0288. The van der Waals surface area contributed by atoms with E-state index in [1.165, 1.54) is 12.1 Å². The van der Waals surface area contributed by atoms with E-state index in [9.17, 15) is 9.90 Å². The molecule has 156 valence electrons. The van der Waals surface area contributed by atoms with Gasteiger partial charge >= 0.3 is 0 Å². The molecule has 1 aliphatic heterocycles. The van der Waals surface area contributed by atoms with Gasteiger partial charge in [-0.05, 0) is 58.8 Å². The fourth-order valence-corrected chi connectivity index (χ4v) is 3.79. The van der Waals surface area contributed by atoms with Crippen molar-refractivity contribution in [2.75, 3.05) is 12.1 Å². The number of nitrogens with zero attached hydrogens (tertiary/aromatic N) is 2. The van der Waals surface area contributed by atoms with Gasteiger partial charge in [0.15, 0.2) is 11.5 Å². The maximum absolute atomic E-state index is 13.4. The summed E-state index contributed by atoms with van der Waals surface area (Å²) in [4.78, 5) is 13.4. The van der Waals surface area contributed by atoms with Gasteiger partial charge in [-0.2, -0.15) is 10.1 Å². The lowest BCUT2D eigenvalue weighted by Gasteiger charge is -2.10. The number of para-hydroxylation sites is 1. The molecule has 1 amide bonds. The Balaban J connectivity index is 1.65. The van der Waals surface area contributed by atoms with Crippen LogP contribution in [0.3, 0.4) is 0 Å². The zero-order valence-corrected chi connectivity index (χ0v) is 17.4. The molecule has 0 aromatic heterocycles. The summed E-state index contributed by atoms with van der Waals surface area (Å²) in [6, 6.07) is 28.4. The zero-order valence-electron chi connectivity index (χ0n) is 17.4. The van der Waals surface area contributed by atoms with Crippen molar-refractivity contribution in [2.45, 2.75) is 0 Å². The molecule has 5 rings (SSSR count). The standard InChI is InChI=1S/C27H20N2O3/c1-32-25-17-21(13-14-24(25)30)26-23(27(31)29(28-26)22-9-3-2-4-10-22)16-18-11-12-19-7-5-6-8-20(19)15-18/h2-17,30H,1H3/b23-16-. The Morgan fingerprint density at radius 1 is 0.875 bits per heavy atom. The molecule has 0 spiro atoms. The molecule has 4 aromatic carbocycles. The van der Waals surface area contributed by atoms with Crippen molar-refractivity contribution in [3.8, 4) is 11.5 Å². The number of anilines is 1. The molecule has 0 unspecified atom stereocenters. The molecule has 0 atom stereocenters. The molecule has 1 aliphatic rings. The van der Waals surface area contributed by atoms with Crippen molar-refractivity contribution in [1.29, 1.82) is 0 Å². The van der Waals surface area contributed by atoms with Crippen LogP contribution in [0.2, 0.25) is 0 Å². The van der Waals surface area contributed by atoms with Crippen molar-refractivity contribution in [1.82, 2.24) is 0 Å². The summed E-state index contributed by atoms with van der Waals surface area (Å²) in [5.74, 6) is 0.133. The Labute approximate surface area is 185 Å². The van der Waals surface area contributed by atoms with Crippen molar-refractivity contribution < 1.29 is 14.6 Å². The van der Waals surface area contributed by atoms with E-state index in [4.69, 9.17) is 4.74 Å². The van der Waals surface area contributed by atoms with E-state index in [1.54, 1.807) is 18.2 Å². The second-order valence-corrected chi connectivity index (χ2v) is 7.45. The van der Waals surface area contributed by atoms with Crippen molar-refractivity contribution in [3.05, 3.63) is 108 Å². The van der Waals surface area contributed by atoms with Crippen LogP contribution in [0.15, 0.2) is 102 Å². The minimum atomic E-state index is -0.216. The van der Waals surface area contributed by atoms with E-state index < -0.39 is 0 Å². The third-order valence-corrected chi connectivity index (χ3v) is 5.42. The first kappa shape index (κ1) is 19.6. The van der Waals surface area contributed by atoms with E-state index in [1.807, 2.05) is 66.7 Å². The predicted octanol–water partition coefficient (Wildman–Crippen LogP) is 5.39. The number of hydrogen-bond donors (Lipinski definition) is 1. The maximum atomic E-state index is 13.4. The van der Waals surface area contributed by atoms with Crippen LogP contribution in [-0.4, -0.2) is 23.8 Å². The van der Waals surface area contributed by atoms with Crippen LogP contribution in [0.4, 0.5) is 5.69 Å². The number of hydrogen-bond acceptors (Lipinski definition) is 4. The average molecular weight is 420 g/mol. The van der Waals surface area contributed by atoms with E-state index in [0.717, 1.165) is 16.3 Å². The Bertz CT molecular complexity index is 1390. The highest BCUT2D eigenvalue weighted by molar-refractivity contribution is 6.37. The Hall–Kier alpha value is -4.38. The number of amides is 1. The smallest absolute Gasteiger partial charge is 0.281 e. The molecule has 5 nitrogen and oxygen atoms in total. The highest BCUT2D eigenvalue weighted by Crippen LogP contribution is 2.32. The number of benzene rings is 4. The van der Waals surface area contributed by atoms with Crippen LogP contribution in [0.1, 0.15) is 11.1 Å². The van der Waals surface area contributed by atoms with E-state index in [2.05, 4.69) is 17.2 Å². The number of aromatic hydroxyl groups is 1. The van der Waals surface area contributed by atoms with Gasteiger partial charge in [0.2, 0.25) is 0 Å². The van der Waals surface area contributed by atoms with Crippen LogP contribution in [0.25, 0.3) is 16.8 Å². The van der Waals surface area contributed by atoms with Crippen LogP contribution >= 0.6 is 0 Å². The number of phenols is 1. The topological polar surface area (TPSA) is 62.1 Å². The second kappa shape index (κ2) is 8.04. The van der Waals surface area contributed by atoms with Gasteiger partial charge in [0.1, 0.15) is 5.71 Å². The normalized spacial score (nSPS) is 14.8. The fraction of sp³-hybridized carbons (Fsp3) is 0.0370. The monoisotopic (exact) mass is 420 g/mol. The molecular weight excluding hydrogens is 400 g/mol. The third kappa shape index (κ3) is 3.50. The summed E-state index contributed by atoms with van der Waals surface area (Å²) in [5, 5.41) is 18.3. The molecule has 0 aliphatic carbocycles. The van der Waals surface area contributed by atoms with Crippen LogP contribution < -0.4 is 9.75 Å². The number of carbonyl (C=O) groups excluding carboxylic acids is 1. The number of methoxy groups -OCH3 is 1. The summed E-state index contributed by atoms with van der Waals surface area (Å²) in [7, 11) is 1.49. The third-order valence-electron chi connectivity index (χ3n) is 5.42. The van der Waals surface area contributed by atoms with Crippen LogP contribution in [0, 0.1) is 0 Å². The molecular formula is C27H20N2O3. The molecule has 0 radical (unpaired) electrons. The number of ether oxygens (including phenoxy) is 1. The fourth-order valence-electron chi connectivity index (χ4n) is 3.79. The SMILES string of the molecule is COc1cc(C2=NN(c3ccccc3)C(=O)/C2=C\c2ccc3ccccc3c2)ccc1O. The summed E-state index contributed by atoms with van der Waals surface area (Å²) < 4.78 is 5.26. The van der Waals surface area contributed by atoms with Gasteiger partial charge in [-0.25, -0.2) is 0 Å². The Morgan fingerprint density at radius 2 is 1.62 bits per heavy atom. The van der Waals surface area contributed by atoms with Crippen molar-refractivity contribution in [3.63, 3.8) is 0 Å². The highest BCUT2D eigenvalue weighted by Gasteiger charge is 2.32. The Morgan fingerprint density at radius 3 is 2.41 bits per heavy atom. The first-order valence-electron chi connectivity index (χ1n) is 10.2. The van der Waals surface area contributed by atoms with Gasteiger partial charge in [0.05, 0.1) is 18.4 Å². The Kier molecular flexibility index (Phi) is 4.92. The first-order chi connectivity index (χ1) is 15.6. The van der Waals surface area contributed by atoms with Gasteiger partial charge in [-0.3, -0.25) is 4.79 Å². The van der Waals surface area contributed by atoms with Crippen molar-refractivity contribution in [2.24, 2.45) is 5.10 Å². The lowest BCUT2D eigenvalue weighted by molar-refractivity contribution is -0.114. The van der Waals surface area contributed by atoms with E-state index in [0.29, 0.717) is 28.3 Å². The number of fused-ring (bicyclic) bond motifs is 1. The molecule has 0 bridgehead atoms. The molecule has 0 saturated heterocycles. The van der Waals surface area contributed by atoms with Gasteiger partial charge < -0.3 is 9.84 Å². The largest absolute Gasteiger partial charge is 0.504 e. The lowest BCUT2D eigenvalue weighted by Crippen LogP contribution is -2.21. The molecule has 4 aromatic rings. The molecule has 0 fully saturated rings. The summed E-state index contributed by atoms with van der Waals surface area (Å²) in [5.41, 5.74) is 3.25. The average Bonchev–Trinajstić information content (AvgIpc) is 3.16. The quantitative estimate of drug-likeness (QED) is 0.451. The molecule has 0 saturated carbocycles. The first-order valence-corrected chi connectivity index (χ1v) is 10.2. The van der Waals surface area contributed by atoms with Crippen LogP contribution in [-0.2, 0) is 4.79 Å². The lowest BCUT2D eigenvalue weighted by atomic mass is 9.98. The summed E-state index contributed by atoms with van der Waals surface area (Å²) in [6.45, 7) is 0. The van der Waals surface area contributed by atoms with E-state index >= 15 is 0 Å². The van der Waals surface area contributed by atoms with Crippen molar-refractivity contribution >= 4 is 34.2 Å². The van der Waals surface area contributed by atoms with Gasteiger partial charge in [-0.15, -0.1) is 0 Å². The van der Waals surface area contributed by atoms with Gasteiger partial charge in [0.25, 0.3) is 5.91 Å². The predicted molar refractivity (Wildman–Crippen MR) is 127 cm³/mol. The molecule has 1 heterocycles. The number of rotatable bonds is 4. The number of carbonyl (C=O) groups is 1. The zero-order chi connectivity index (χ0) is 22.1. The van der Waals surface area contributed by atoms with Gasteiger partial charge in [0, 0.05) is 5.56 Å². The summed E-state index contributed by atoms with van der Waals surface area (Å²) in [6.07, 6.45) is 1.86. The number of hydrazone groups is 1. The van der Waals surface area contributed by atoms with Gasteiger partial charge in [-0.1, -0.05) is 54.6 Å². The molecule has 1 N–H and O–H groups in total. The second-order valence-electron chi connectivity index (χ2n) is 7.45. The van der Waals surface area contributed by atoms with E-state index in [-0.39, 0.29) is 11.7 Å². The molecule has 32 heavy (non-hydrogen) atoms. The maximum Gasteiger partial charge on any atom is 0.281 e. The number of phenolic OH excluding ortho intramolecular Hbond substituents is 1. The minimum Gasteiger partial charge on any atom is -0.504 e. The summed E-state index contributed by atoms with van der Waals surface area (Å²) >= 11 is 0.